The van der Waals surface area contributed by atoms with Crippen molar-refractivity contribution >= 4 is 40.8 Å². The first-order valence-electron chi connectivity index (χ1n) is 7.92. The van der Waals surface area contributed by atoms with Crippen molar-refractivity contribution in [3.63, 3.8) is 0 Å². The number of anilines is 1. The smallest absolute Gasteiger partial charge is 0.338 e. The zero-order valence-corrected chi connectivity index (χ0v) is 16.8. The zero-order chi connectivity index (χ0) is 20.1. The number of amides is 1. The normalized spacial score (nSPS) is 10.3. The minimum atomic E-state index is -0.722. The third-order valence-electron chi connectivity index (χ3n) is 3.70. The Labute approximate surface area is 167 Å². The molecule has 0 saturated heterocycles. The summed E-state index contributed by atoms with van der Waals surface area (Å²) in [6, 6.07) is 6.43. The molecule has 0 aromatic heterocycles. The van der Waals surface area contributed by atoms with Crippen molar-refractivity contribution in [2.75, 3.05) is 26.1 Å². The number of carbonyl (C=O) groups excluding carboxylic acids is 2. The summed E-state index contributed by atoms with van der Waals surface area (Å²) in [5, 5.41) is 3.25. The van der Waals surface area contributed by atoms with Crippen molar-refractivity contribution in [3.8, 4) is 11.5 Å². The fraction of sp³-hybridized carbons (Fsp3) is 0.263. The van der Waals surface area contributed by atoms with Crippen LogP contribution in [0.5, 0.6) is 11.5 Å². The van der Waals surface area contributed by atoms with E-state index in [0.29, 0.717) is 16.5 Å². The van der Waals surface area contributed by atoms with Crippen LogP contribution in [0.25, 0.3) is 0 Å². The van der Waals surface area contributed by atoms with Gasteiger partial charge in [-0.15, -0.1) is 0 Å². The maximum atomic E-state index is 12.2. The number of hydrogen-bond donors (Lipinski definition) is 1. The van der Waals surface area contributed by atoms with Crippen LogP contribution in [0.2, 0.25) is 10.0 Å². The number of nitrogens with one attached hydrogen (secondary N) is 1. The Hall–Kier alpha value is -2.44. The lowest BCUT2D eigenvalue weighted by Gasteiger charge is -2.13. The average molecular weight is 412 g/mol. The van der Waals surface area contributed by atoms with Crippen molar-refractivity contribution in [2.24, 2.45) is 0 Å². The van der Waals surface area contributed by atoms with Gasteiger partial charge in [-0.3, -0.25) is 4.79 Å². The van der Waals surface area contributed by atoms with E-state index in [1.165, 1.54) is 26.4 Å². The summed E-state index contributed by atoms with van der Waals surface area (Å²) in [7, 11) is 2.86. The molecular weight excluding hydrogens is 393 g/mol. The summed E-state index contributed by atoms with van der Waals surface area (Å²) < 4.78 is 15.3. The Kier molecular flexibility index (Phi) is 6.93. The zero-order valence-electron chi connectivity index (χ0n) is 15.3. The van der Waals surface area contributed by atoms with E-state index < -0.39 is 18.5 Å². The van der Waals surface area contributed by atoms with Crippen molar-refractivity contribution in [1.82, 2.24) is 0 Å². The molecule has 8 heteroatoms. The number of hydrogen-bond acceptors (Lipinski definition) is 5. The maximum Gasteiger partial charge on any atom is 0.338 e. The Morgan fingerprint density at radius 1 is 1.00 bits per heavy atom. The summed E-state index contributed by atoms with van der Waals surface area (Å²) in [4.78, 5) is 24.3. The molecule has 27 heavy (non-hydrogen) atoms. The topological polar surface area (TPSA) is 73.9 Å². The number of ether oxygens (including phenoxy) is 3. The van der Waals surface area contributed by atoms with Gasteiger partial charge in [-0.05, 0) is 43.2 Å². The number of methoxy groups -OCH3 is 2. The van der Waals surface area contributed by atoms with Crippen LogP contribution in [-0.4, -0.2) is 32.7 Å². The molecule has 6 nitrogen and oxygen atoms in total. The number of halogens is 2. The van der Waals surface area contributed by atoms with Gasteiger partial charge in [0.1, 0.15) is 0 Å². The fourth-order valence-corrected chi connectivity index (χ4v) is 3.16. The first kappa shape index (κ1) is 20.9. The number of esters is 1. The second-order valence-corrected chi connectivity index (χ2v) is 6.57. The van der Waals surface area contributed by atoms with Crippen molar-refractivity contribution in [2.45, 2.75) is 13.8 Å². The van der Waals surface area contributed by atoms with Crippen LogP contribution < -0.4 is 14.8 Å². The third-order valence-corrected chi connectivity index (χ3v) is 4.28. The molecule has 0 bridgehead atoms. The van der Waals surface area contributed by atoms with Gasteiger partial charge in [0.15, 0.2) is 18.1 Å². The molecule has 0 saturated carbocycles. The lowest BCUT2D eigenvalue weighted by atomic mass is 10.1. The maximum absolute atomic E-state index is 12.2. The molecule has 0 spiro atoms. The highest BCUT2D eigenvalue weighted by molar-refractivity contribution is 6.34. The Bertz CT molecular complexity index is 860. The number of carbonyl (C=O) groups is 2. The molecule has 0 radical (unpaired) electrons. The van der Waals surface area contributed by atoms with Gasteiger partial charge in [0.25, 0.3) is 5.91 Å². The highest BCUT2D eigenvalue weighted by atomic mass is 35.5. The number of rotatable bonds is 6. The van der Waals surface area contributed by atoms with E-state index in [9.17, 15) is 9.59 Å². The molecule has 0 aliphatic heterocycles. The lowest BCUT2D eigenvalue weighted by Crippen LogP contribution is -2.21. The van der Waals surface area contributed by atoms with Crippen LogP contribution in [0, 0.1) is 13.8 Å². The Balaban J connectivity index is 2.05. The second kappa shape index (κ2) is 8.97. The second-order valence-electron chi connectivity index (χ2n) is 5.76. The van der Waals surface area contributed by atoms with Crippen LogP contribution >= 0.6 is 23.2 Å². The summed E-state index contributed by atoms with van der Waals surface area (Å²) >= 11 is 12.2. The molecule has 0 aliphatic rings. The summed E-state index contributed by atoms with van der Waals surface area (Å²) in [5.74, 6) is -0.648. The van der Waals surface area contributed by atoms with Crippen LogP contribution in [0.4, 0.5) is 5.69 Å². The third kappa shape index (κ3) is 5.05. The monoisotopic (exact) mass is 411 g/mol. The van der Waals surface area contributed by atoms with Gasteiger partial charge >= 0.3 is 5.97 Å². The van der Waals surface area contributed by atoms with Crippen LogP contribution in [0.15, 0.2) is 24.3 Å². The van der Waals surface area contributed by atoms with E-state index in [1.54, 1.807) is 6.07 Å². The minimum absolute atomic E-state index is 0.134. The molecule has 0 unspecified atom stereocenters. The first-order chi connectivity index (χ1) is 12.8. The molecule has 0 aliphatic carbocycles. The molecule has 2 rings (SSSR count). The van der Waals surface area contributed by atoms with Gasteiger partial charge in [0.2, 0.25) is 0 Å². The van der Waals surface area contributed by atoms with Gasteiger partial charge < -0.3 is 19.5 Å². The summed E-state index contributed by atoms with van der Waals surface area (Å²) in [6.07, 6.45) is 0. The van der Waals surface area contributed by atoms with Gasteiger partial charge in [0, 0.05) is 0 Å². The highest BCUT2D eigenvalue weighted by Gasteiger charge is 2.18. The standard InChI is InChI=1S/C19H19Cl2NO5/c1-10-5-11(2)17(13(20)6-10)22-16(23)9-27-19(24)12-7-14(21)18(26-4)15(8-12)25-3/h5-8H,9H2,1-4H3,(H,22,23). The molecular formula is C19H19Cl2NO5. The molecule has 0 heterocycles. The van der Waals surface area contributed by atoms with Crippen LogP contribution in [-0.2, 0) is 9.53 Å². The van der Waals surface area contributed by atoms with E-state index in [2.05, 4.69) is 5.32 Å². The lowest BCUT2D eigenvalue weighted by molar-refractivity contribution is -0.119. The fourth-order valence-electron chi connectivity index (χ4n) is 2.50. The molecule has 2 aromatic carbocycles. The van der Waals surface area contributed by atoms with Crippen LogP contribution in [0.3, 0.4) is 0 Å². The molecule has 2 aromatic rings. The van der Waals surface area contributed by atoms with Gasteiger partial charge in [-0.25, -0.2) is 4.79 Å². The van der Waals surface area contributed by atoms with E-state index >= 15 is 0 Å². The Morgan fingerprint density at radius 3 is 2.30 bits per heavy atom. The van der Waals surface area contributed by atoms with E-state index in [0.717, 1.165) is 11.1 Å². The molecule has 0 atom stereocenters. The average Bonchev–Trinajstić information content (AvgIpc) is 2.61. The van der Waals surface area contributed by atoms with E-state index in [4.69, 9.17) is 37.4 Å². The van der Waals surface area contributed by atoms with Crippen molar-refractivity contribution in [1.29, 1.82) is 0 Å². The first-order valence-corrected chi connectivity index (χ1v) is 8.67. The van der Waals surface area contributed by atoms with Crippen molar-refractivity contribution < 1.29 is 23.8 Å². The quantitative estimate of drug-likeness (QED) is 0.711. The summed E-state index contributed by atoms with van der Waals surface area (Å²) in [5.41, 5.74) is 2.41. The van der Waals surface area contributed by atoms with Gasteiger partial charge in [0.05, 0.1) is 35.5 Å². The van der Waals surface area contributed by atoms with Crippen LogP contribution in [0.1, 0.15) is 21.5 Å². The molecule has 144 valence electrons. The Morgan fingerprint density at radius 2 is 1.70 bits per heavy atom. The SMILES string of the molecule is COc1cc(C(=O)OCC(=O)Nc2c(C)cc(C)cc2Cl)cc(Cl)c1OC. The van der Waals surface area contributed by atoms with Gasteiger partial charge in [-0.1, -0.05) is 29.3 Å². The van der Waals surface area contributed by atoms with E-state index in [-0.39, 0.29) is 16.3 Å². The minimum Gasteiger partial charge on any atom is -0.493 e. The van der Waals surface area contributed by atoms with E-state index in [1.807, 2.05) is 19.9 Å². The summed E-state index contributed by atoms with van der Waals surface area (Å²) in [6.45, 7) is 3.25. The number of benzene rings is 2. The molecule has 0 fully saturated rings. The molecule has 1 N–H and O–H groups in total. The van der Waals surface area contributed by atoms with Crippen molar-refractivity contribution in [3.05, 3.63) is 51.0 Å². The predicted octanol–water partition coefficient (Wildman–Crippen LogP) is 4.42. The largest absolute Gasteiger partial charge is 0.493 e. The van der Waals surface area contributed by atoms with Gasteiger partial charge in [-0.2, -0.15) is 0 Å². The molecule has 1 amide bonds. The predicted molar refractivity (Wildman–Crippen MR) is 104 cm³/mol. The number of aryl methyl sites for hydroxylation is 2. The highest BCUT2D eigenvalue weighted by Crippen LogP contribution is 2.36.